The van der Waals surface area contributed by atoms with Gasteiger partial charge in [-0.3, -0.25) is 29.3 Å². The summed E-state index contributed by atoms with van der Waals surface area (Å²) in [6.07, 6.45) is 3.74. The van der Waals surface area contributed by atoms with E-state index in [9.17, 15) is 24.0 Å². The number of benzene rings is 4. The van der Waals surface area contributed by atoms with Gasteiger partial charge in [-0.1, -0.05) is 80.1 Å². The summed E-state index contributed by atoms with van der Waals surface area (Å²) in [5.74, 6) is 4.36. The number of ether oxygens (including phenoxy) is 1. The van der Waals surface area contributed by atoms with Gasteiger partial charge in [-0.15, -0.1) is 0 Å². The third-order valence-electron chi connectivity index (χ3n) is 15.1. The molecule has 352 valence electrons. The van der Waals surface area contributed by atoms with Gasteiger partial charge >= 0.3 is 0 Å². The average Bonchev–Trinajstić information content (AvgIpc) is 3.51. The monoisotopic (exact) mass is 958 g/mol. The number of nitrogens with one attached hydrogen (secondary N) is 4. The van der Waals surface area contributed by atoms with E-state index in [4.69, 9.17) is 27.9 Å². The Bertz CT molecular complexity index is 2870. The molecule has 0 radical (unpaired) electrons. The van der Waals surface area contributed by atoms with Crippen LogP contribution in [0, 0.1) is 34.4 Å². The van der Waals surface area contributed by atoms with Crippen molar-refractivity contribution in [2.24, 2.45) is 16.7 Å². The highest BCUT2D eigenvalue weighted by Gasteiger charge is 2.62. The molecule has 68 heavy (non-hydrogen) atoms. The van der Waals surface area contributed by atoms with Crippen LogP contribution >= 0.6 is 23.2 Å². The summed E-state index contributed by atoms with van der Waals surface area (Å²) < 4.78 is 22.2. The fourth-order valence-corrected chi connectivity index (χ4v) is 12.1. The maximum absolute atomic E-state index is 16.3. The molecule has 4 N–H and O–H groups in total. The second kappa shape index (κ2) is 17.2. The summed E-state index contributed by atoms with van der Waals surface area (Å²) in [5.41, 5.74) is 3.88. The highest BCUT2D eigenvalue weighted by atomic mass is 35.5. The Morgan fingerprint density at radius 1 is 1.03 bits per heavy atom. The lowest BCUT2D eigenvalue weighted by atomic mass is 9.63. The second-order valence-electron chi connectivity index (χ2n) is 20.5. The van der Waals surface area contributed by atoms with Crippen molar-refractivity contribution in [3.05, 3.63) is 122 Å². The predicted molar refractivity (Wildman–Crippen MR) is 257 cm³/mol. The first-order valence-electron chi connectivity index (χ1n) is 23.3. The molecular weight excluding hydrogens is 907 g/mol. The molecule has 4 aromatic carbocycles. The van der Waals surface area contributed by atoms with Crippen molar-refractivity contribution >= 4 is 64.1 Å². The molecule has 5 heterocycles. The Morgan fingerprint density at radius 2 is 1.84 bits per heavy atom. The van der Waals surface area contributed by atoms with Crippen LogP contribution in [0.25, 0.3) is 0 Å². The van der Waals surface area contributed by atoms with Crippen molar-refractivity contribution in [1.82, 2.24) is 20.4 Å². The van der Waals surface area contributed by atoms with E-state index < -0.39 is 35.1 Å². The van der Waals surface area contributed by atoms with Crippen molar-refractivity contribution in [2.45, 2.75) is 95.3 Å². The summed E-state index contributed by atoms with van der Waals surface area (Å²) in [6, 6.07) is 19.2. The third kappa shape index (κ3) is 7.98. The Balaban J connectivity index is 0.864. The van der Waals surface area contributed by atoms with E-state index in [1.165, 1.54) is 18.1 Å². The summed E-state index contributed by atoms with van der Waals surface area (Å²) in [7, 11) is 1.49. The molecule has 0 unspecified atom stereocenters. The second-order valence-corrected chi connectivity index (χ2v) is 21.4. The Morgan fingerprint density at radius 3 is 2.62 bits per heavy atom. The maximum Gasteiger partial charge on any atom is 0.255 e. The lowest BCUT2D eigenvalue weighted by Gasteiger charge is -2.39. The Labute approximate surface area is 405 Å². The molecule has 1 aliphatic carbocycles. The molecule has 10 rings (SSSR count). The number of rotatable bonds is 7. The first-order valence-corrected chi connectivity index (χ1v) is 24.1. The maximum atomic E-state index is 16.3. The van der Waals surface area contributed by atoms with Crippen LogP contribution in [-0.4, -0.2) is 84.2 Å². The number of carbonyl (C=O) groups is 5. The number of piperidine rings is 2. The number of fused-ring (bicyclic) bond motifs is 3. The molecule has 15 heteroatoms. The topological polar surface area (TPSA) is 149 Å². The lowest BCUT2D eigenvalue weighted by Crippen LogP contribution is -2.52. The van der Waals surface area contributed by atoms with Crippen molar-refractivity contribution < 1.29 is 33.1 Å². The normalized spacial score (nSPS) is 27.0. The summed E-state index contributed by atoms with van der Waals surface area (Å²) >= 11 is 12.9. The van der Waals surface area contributed by atoms with Crippen molar-refractivity contribution in [3.8, 4) is 17.6 Å². The van der Waals surface area contributed by atoms with E-state index in [0.29, 0.717) is 59.2 Å². The number of hydrogen-bond donors (Lipinski definition) is 4. The van der Waals surface area contributed by atoms with E-state index in [-0.39, 0.29) is 70.8 Å². The fraction of sp³-hybridized carbons (Fsp3) is 0.415. The quantitative estimate of drug-likeness (QED) is 0.108. The Kier molecular flexibility index (Phi) is 11.6. The minimum atomic E-state index is -0.901. The Hall–Kier alpha value is -5.94. The molecular formula is C53H53Cl2FN6O6. The zero-order valence-corrected chi connectivity index (χ0v) is 39.9. The molecule has 4 aromatic rings. The van der Waals surface area contributed by atoms with E-state index >= 15 is 4.39 Å². The minimum Gasteiger partial charge on any atom is -0.495 e. The van der Waals surface area contributed by atoms with Crippen molar-refractivity contribution in [1.29, 1.82) is 0 Å². The third-order valence-corrected chi connectivity index (χ3v) is 15.6. The molecule has 0 bridgehead atoms. The molecule has 4 fully saturated rings. The molecule has 6 aliphatic rings. The first-order chi connectivity index (χ1) is 32.5. The van der Waals surface area contributed by atoms with Gasteiger partial charge in [0.2, 0.25) is 17.7 Å². The highest BCUT2D eigenvalue weighted by Crippen LogP contribution is 2.59. The molecule has 5 amide bonds. The van der Waals surface area contributed by atoms with Gasteiger partial charge in [0.05, 0.1) is 23.9 Å². The van der Waals surface area contributed by atoms with Crippen LogP contribution < -0.4 is 26.0 Å². The number of nitrogens with zero attached hydrogens (tertiary/aromatic N) is 2. The van der Waals surface area contributed by atoms with E-state index in [0.717, 1.165) is 41.6 Å². The number of anilines is 2. The number of methoxy groups -OCH3 is 1. The van der Waals surface area contributed by atoms with Crippen LogP contribution in [0.3, 0.4) is 0 Å². The fourth-order valence-electron chi connectivity index (χ4n) is 11.8. The highest BCUT2D eigenvalue weighted by molar-refractivity contribution is 6.31. The van der Waals surface area contributed by atoms with Crippen LogP contribution in [0.2, 0.25) is 10.0 Å². The number of hydrogen-bond acceptors (Lipinski definition) is 8. The van der Waals surface area contributed by atoms with Gasteiger partial charge in [-0.05, 0) is 103 Å². The van der Waals surface area contributed by atoms with Crippen LogP contribution in [0.1, 0.15) is 108 Å². The van der Waals surface area contributed by atoms with Gasteiger partial charge in [0.25, 0.3) is 11.8 Å². The smallest absolute Gasteiger partial charge is 0.255 e. The molecule has 0 aromatic heterocycles. The summed E-state index contributed by atoms with van der Waals surface area (Å²) in [4.78, 5) is 70.2. The van der Waals surface area contributed by atoms with Gasteiger partial charge in [-0.2, -0.15) is 0 Å². The average molecular weight is 960 g/mol. The number of imide groups is 1. The summed E-state index contributed by atoms with van der Waals surface area (Å²) in [5, 5.41) is 13.2. The van der Waals surface area contributed by atoms with Gasteiger partial charge < -0.3 is 30.5 Å². The van der Waals surface area contributed by atoms with Gasteiger partial charge in [0.15, 0.2) is 0 Å². The molecule has 12 nitrogen and oxygen atoms in total. The van der Waals surface area contributed by atoms with Crippen LogP contribution in [-0.2, 0) is 26.3 Å². The van der Waals surface area contributed by atoms with Gasteiger partial charge in [0.1, 0.15) is 17.6 Å². The number of amides is 5. The zero-order chi connectivity index (χ0) is 47.9. The molecule has 2 spiro atoms. The zero-order valence-electron chi connectivity index (χ0n) is 38.4. The van der Waals surface area contributed by atoms with Crippen molar-refractivity contribution in [2.75, 3.05) is 37.4 Å². The molecule has 1 saturated carbocycles. The number of likely N-dealkylation sites (tertiary alicyclic amines) is 1. The largest absolute Gasteiger partial charge is 0.495 e. The van der Waals surface area contributed by atoms with E-state index in [2.05, 4.69) is 53.9 Å². The molecule has 5 aliphatic heterocycles. The van der Waals surface area contributed by atoms with Crippen LogP contribution in [0.5, 0.6) is 5.75 Å². The van der Waals surface area contributed by atoms with Crippen LogP contribution in [0.15, 0.2) is 72.8 Å². The summed E-state index contributed by atoms with van der Waals surface area (Å²) in [6.45, 7) is 8.25. The lowest BCUT2D eigenvalue weighted by molar-refractivity contribution is -0.137. The molecule has 7 atom stereocenters. The standard InChI is InChI=1S/C53H53Cl2FN6O6/c1-51(2,3)25-42-53(27-57-39-23-32(54)15-16-36(39)53)44(34-10-6-11-37(55)45(34)56)46(59-42)48(65)58-38-17-13-30(22-41(38)68-4)49(66)61-21-7-20-52(28-61)24-31(52)14-12-29-8-5-9-33-35(29)26-62(50(33)67)40-18-19-43(63)60-47(40)64/h5-6,8-11,13,15-17,22-23,31,40,42,44,46,57,59H,7,18-21,24-28H2,1-4H3,(H,58,65)(H,60,63,64)/t31-,40+,42-,44-,46+,52-,53-/m0/s1. The van der Waals surface area contributed by atoms with Crippen molar-refractivity contribution in [3.63, 3.8) is 0 Å². The molecule has 3 saturated heterocycles. The first kappa shape index (κ1) is 45.8. The van der Waals surface area contributed by atoms with E-state index in [1.807, 2.05) is 29.2 Å². The van der Waals surface area contributed by atoms with Gasteiger partial charge in [-0.25, -0.2) is 4.39 Å². The number of carbonyl (C=O) groups excluding carboxylic acids is 5. The van der Waals surface area contributed by atoms with Crippen LogP contribution in [0.4, 0.5) is 15.8 Å². The SMILES string of the molecule is COc1cc(C(=O)N2CCC[C@]3(C[C@@H]3C#Cc3cccc4c3CN([C@@H]3CCC(=O)NC3=O)C4=O)C2)ccc1NC(=O)[C@@H]1N[C@@H](CC(C)(C)C)[C@@]2(CNc3cc(Cl)ccc32)[C@H]1c1cccc(Cl)c1F. The predicted octanol–water partition coefficient (Wildman–Crippen LogP) is 8.06. The van der Waals surface area contributed by atoms with E-state index in [1.54, 1.807) is 42.5 Å². The number of halogens is 3. The minimum absolute atomic E-state index is 0.0274. The van der Waals surface area contributed by atoms with Gasteiger partial charge in [0, 0.05) is 88.7 Å².